The number of halogens is 1. The highest BCUT2D eigenvalue weighted by Gasteiger charge is 2.37. The van der Waals surface area contributed by atoms with Crippen LogP contribution in [0.1, 0.15) is 32.1 Å². The van der Waals surface area contributed by atoms with Crippen LogP contribution in [0.15, 0.2) is 24.3 Å². The van der Waals surface area contributed by atoms with Crippen molar-refractivity contribution >= 4 is 17.7 Å². The number of carboxylic acids is 1. The zero-order chi connectivity index (χ0) is 14.6. The summed E-state index contributed by atoms with van der Waals surface area (Å²) >= 11 is 0. The summed E-state index contributed by atoms with van der Waals surface area (Å²) in [5, 5.41) is 14.2. The van der Waals surface area contributed by atoms with Crippen molar-refractivity contribution in [2.24, 2.45) is 0 Å². The van der Waals surface area contributed by atoms with Crippen LogP contribution < -0.4 is 10.6 Å². The number of urea groups is 1. The van der Waals surface area contributed by atoms with Crippen LogP contribution in [0.5, 0.6) is 0 Å². The maximum atomic E-state index is 13.0. The molecule has 0 heterocycles. The molecule has 6 heteroatoms. The first kappa shape index (κ1) is 14.3. The molecular weight excluding hydrogens is 263 g/mol. The van der Waals surface area contributed by atoms with E-state index in [4.69, 9.17) is 5.11 Å². The van der Waals surface area contributed by atoms with Crippen LogP contribution in [-0.2, 0) is 4.79 Å². The Morgan fingerprint density at radius 1 is 1.30 bits per heavy atom. The van der Waals surface area contributed by atoms with Gasteiger partial charge in [-0.3, -0.25) is 4.79 Å². The fourth-order valence-electron chi connectivity index (χ4n) is 2.66. The third kappa shape index (κ3) is 3.69. The van der Waals surface area contributed by atoms with Crippen molar-refractivity contribution in [3.05, 3.63) is 30.1 Å². The summed E-state index contributed by atoms with van der Waals surface area (Å²) in [7, 11) is 0. The summed E-state index contributed by atoms with van der Waals surface area (Å²) in [6.45, 7) is 0. The van der Waals surface area contributed by atoms with Gasteiger partial charge in [0.1, 0.15) is 5.82 Å². The lowest BCUT2D eigenvalue weighted by Crippen LogP contribution is -2.49. The van der Waals surface area contributed by atoms with Crippen LogP contribution in [0.3, 0.4) is 0 Å². The number of benzene rings is 1. The molecule has 0 saturated heterocycles. The molecule has 108 valence electrons. The molecule has 1 aliphatic rings. The summed E-state index contributed by atoms with van der Waals surface area (Å²) in [5.41, 5.74) is -0.352. The van der Waals surface area contributed by atoms with Crippen LogP contribution in [0.4, 0.5) is 14.9 Å². The Morgan fingerprint density at radius 3 is 2.60 bits per heavy atom. The van der Waals surface area contributed by atoms with Gasteiger partial charge in [0, 0.05) is 5.69 Å². The number of carbonyl (C=O) groups is 2. The second-order valence-electron chi connectivity index (χ2n) is 5.15. The van der Waals surface area contributed by atoms with E-state index in [1.807, 2.05) is 0 Å². The minimum atomic E-state index is -0.932. The zero-order valence-corrected chi connectivity index (χ0v) is 11.0. The van der Waals surface area contributed by atoms with Gasteiger partial charge in [-0.1, -0.05) is 18.9 Å². The number of carboxylic acid groups (broad SMARTS) is 1. The van der Waals surface area contributed by atoms with Crippen molar-refractivity contribution in [2.45, 2.75) is 37.6 Å². The number of hydrogen-bond donors (Lipinski definition) is 3. The SMILES string of the molecule is O=C(O)CC1(NC(=O)Nc2cccc(F)c2)CCCC1. The molecule has 3 N–H and O–H groups in total. The van der Waals surface area contributed by atoms with E-state index in [-0.39, 0.29) is 6.42 Å². The fraction of sp³-hybridized carbons (Fsp3) is 0.429. The Hall–Kier alpha value is -2.11. The number of carbonyl (C=O) groups excluding carboxylic acids is 1. The molecule has 2 amide bonds. The van der Waals surface area contributed by atoms with E-state index in [9.17, 15) is 14.0 Å². The first-order valence-electron chi connectivity index (χ1n) is 6.56. The van der Waals surface area contributed by atoms with E-state index in [0.717, 1.165) is 12.8 Å². The summed E-state index contributed by atoms with van der Waals surface area (Å²) in [6.07, 6.45) is 3.00. The minimum Gasteiger partial charge on any atom is -0.481 e. The van der Waals surface area contributed by atoms with Gasteiger partial charge in [-0.15, -0.1) is 0 Å². The molecule has 20 heavy (non-hydrogen) atoms. The Morgan fingerprint density at radius 2 is 2.00 bits per heavy atom. The molecule has 0 aliphatic heterocycles. The Balaban J connectivity index is 2.00. The summed E-state index contributed by atoms with van der Waals surface area (Å²) in [5.74, 6) is -1.37. The monoisotopic (exact) mass is 280 g/mol. The van der Waals surface area contributed by atoms with Crippen molar-refractivity contribution in [3.8, 4) is 0 Å². The van der Waals surface area contributed by atoms with Crippen molar-refractivity contribution in [2.75, 3.05) is 5.32 Å². The van der Waals surface area contributed by atoms with Crippen LogP contribution in [0, 0.1) is 5.82 Å². The molecule has 0 aromatic heterocycles. The van der Waals surface area contributed by atoms with Gasteiger partial charge in [-0.2, -0.15) is 0 Å². The van der Waals surface area contributed by atoms with Gasteiger partial charge >= 0.3 is 12.0 Å². The minimum absolute atomic E-state index is 0.0937. The average molecular weight is 280 g/mol. The third-order valence-corrected chi connectivity index (χ3v) is 3.51. The average Bonchev–Trinajstić information content (AvgIpc) is 2.75. The Kier molecular flexibility index (Phi) is 4.22. The Labute approximate surface area is 116 Å². The maximum absolute atomic E-state index is 13.0. The van der Waals surface area contributed by atoms with Gasteiger partial charge < -0.3 is 15.7 Å². The van der Waals surface area contributed by atoms with Gasteiger partial charge in [-0.05, 0) is 31.0 Å². The van der Waals surface area contributed by atoms with Crippen molar-refractivity contribution in [1.29, 1.82) is 0 Å². The lowest BCUT2D eigenvalue weighted by Gasteiger charge is -2.28. The smallest absolute Gasteiger partial charge is 0.319 e. The molecule has 0 radical (unpaired) electrons. The number of amides is 2. The molecular formula is C14H17FN2O3. The maximum Gasteiger partial charge on any atom is 0.319 e. The van der Waals surface area contributed by atoms with Gasteiger partial charge in [-0.25, -0.2) is 9.18 Å². The predicted octanol–water partition coefficient (Wildman–Crippen LogP) is 2.73. The molecule has 1 aromatic rings. The summed E-state index contributed by atoms with van der Waals surface area (Å²) in [6, 6.07) is 5.05. The highest BCUT2D eigenvalue weighted by Crippen LogP contribution is 2.32. The molecule has 1 aromatic carbocycles. The molecule has 1 fully saturated rings. The van der Waals surface area contributed by atoms with Crippen LogP contribution >= 0.6 is 0 Å². The number of anilines is 1. The highest BCUT2D eigenvalue weighted by molar-refractivity contribution is 5.90. The van der Waals surface area contributed by atoms with E-state index >= 15 is 0 Å². The van der Waals surface area contributed by atoms with E-state index in [0.29, 0.717) is 18.5 Å². The second-order valence-corrected chi connectivity index (χ2v) is 5.15. The van der Waals surface area contributed by atoms with E-state index < -0.39 is 23.4 Å². The number of rotatable bonds is 4. The van der Waals surface area contributed by atoms with Crippen LogP contribution in [0.2, 0.25) is 0 Å². The molecule has 1 aliphatic carbocycles. The topological polar surface area (TPSA) is 78.4 Å². The molecule has 0 atom stereocenters. The number of nitrogens with one attached hydrogen (secondary N) is 2. The van der Waals surface area contributed by atoms with Gasteiger partial charge in [0.25, 0.3) is 0 Å². The van der Waals surface area contributed by atoms with Crippen LogP contribution in [0.25, 0.3) is 0 Å². The standard InChI is InChI=1S/C14H17FN2O3/c15-10-4-3-5-11(8-10)16-13(20)17-14(9-12(18)19)6-1-2-7-14/h3-5,8H,1-2,6-7,9H2,(H,18,19)(H2,16,17,20). The molecule has 0 unspecified atom stereocenters. The molecule has 1 saturated carbocycles. The van der Waals surface area contributed by atoms with E-state index in [1.54, 1.807) is 6.07 Å². The first-order chi connectivity index (χ1) is 9.49. The van der Waals surface area contributed by atoms with Crippen molar-refractivity contribution in [3.63, 3.8) is 0 Å². The first-order valence-corrected chi connectivity index (χ1v) is 6.56. The lowest BCUT2D eigenvalue weighted by molar-refractivity contribution is -0.138. The largest absolute Gasteiger partial charge is 0.481 e. The van der Waals surface area contributed by atoms with Crippen LogP contribution in [-0.4, -0.2) is 22.6 Å². The predicted molar refractivity (Wildman–Crippen MR) is 72.0 cm³/mol. The van der Waals surface area contributed by atoms with Crippen molar-refractivity contribution < 1.29 is 19.1 Å². The number of aliphatic carboxylic acids is 1. The van der Waals surface area contributed by atoms with Crippen molar-refractivity contribution in [1.82, 2.24) is 5.32 Å². The normalized spacial score (nSPS) is 16.6. The lowest BCUT2D eigenvalue weighted by atomic mass is 9.93. The second kappa shape index (κ2) is 5.90. The molecule has 5 nitrogen and oxygen atoms in total. The zero-order valence-electron chi connectivity index (χ0n) is 11.0. The van der Waals surface area contributed by atoms with Gasteiger partial charge in [0.15, 0.2) is 0 Å². The molecule has 0 bridgehead atoms. The van der Waals surface area contributed by atoms with E-state index in [1.165, 1.54) is 18.2 Å². The highest BCUT2D eigenvalue weighted by atomic mass is 19.1. The molecule has 2 rings (SSSR count). The number of hydrogen-bond acceptors (Lipinski definition) is 2. The summed E-state index contributed by atoms with van der Waals surface area (Å²) < 4.78 is 13.0. The quantitative estimate of drug-likeness (QED) is 0.793. The molecule has 0 spiro atoms. The van der Waals surface area contributed by atoms with Gasteiger partial charge in [0.2, 0.25) is 0 Å². The van der Waals surface area contributed by atoms with Gasteiger partial charge in [0.05, 0.1) is 12.0 Å². The third-order valence-electron chi connectivity index (χ3n) is 3.51. The van der Waals surface area contributed by atoms with E-state index in [2.05, 4.69) is 10.6 Å². The Bertz CT molecular complexity index is 513. The fourth-order valence-corrected chi connectivity index (χ4v) is 2.66. The summed E-state index contributed by atoms with van der Waals surface area (Å²) in [4.78, 5) is 22.9.